The molecule has 0 aromatic rings. The molecule has 3 heterocycles. The molecule has 5 nitrogen and oxygen atoms in total. The van der Waals surface area contributed by atoms with Gasteiger partial charge in [-0.1, -0.05) is 6.92 Å². The molecule has 1 atom stereocenters. The van der Waals surface area contributed by atoms with Crippen molar-refractivity contribution in [2.75, 3.05) is 58.9 Å². The Hall–Kier alpha value is -0.200. The molecular weight excluding hydrogens is 226 g/mol. The van der Waals surface area contributed by atoms with Crippen molar-refractivity contribution < 1.29 is 0 Å². The van der Waals surface area contributed by atoms with Crippen molar-refractivity contribution in [1.82, 2.24) is 20.9 Å². The maximum absolute atomic E-state index is 6.23. The molecule has 1 unspecified atom stereocenters. The first-order valence-corrected chi connectivity index (χ1v) is 7.13. The zero-order chi connectivity index (χ0) is 13.1. The Balaban J connectivity index is 1.79. The molecule has 0 radical (unpaired) electrons. The monoisotopic (exact) mass is 255 g/mol. The van der Waals surface area contributed by atoms with Crippen molar-refractivity contribution in [1.29, 1.82) is 0 Å². The summed E-state index contributed by atoms with van der Waals surface area (Å²) in [5.41, 5.74) is 6.55. The molecule has 18 heavy (non-hydrogen) atoms. The molecule has 0 aliphatic carbocycles. The Morgan fingerprint density at radius 1 is 0.889 bits per heavy atom. The third-order valence-corrected chi connectivity index (χ3v) is 3.90. The van der Waals surface area contributed by atoms with Gasteiger partial charge in [-0.2, -0.15) is 0 Å². The van der Waals surface area contributed by atoms with Crippen LogP contribution in [0.15, 0.2) is 0 Å². The van der Waals surface area contributed by atoms with Gasteiger partial charge in [0.1, 0.15) is 0 Å². The van der Waals surface area contributed by atoms with Gasteiger partial charge in [-0.25, -0.2) is 0 Å². The van der Waals surface area contributed by atoms with Crippen molar-refractivity contribution >= 4 is 0 Å². The van der Waals surface area contributed by atoms with Gasteiger partial charge in [0.2, 0.25) is 0 Å². The summed E-state index contributed by atoms with van der Waals surface area (Å²) in [7, 11) is 0. The fourth-order valence-electron chi connectivity index (χ4n) is 2.92. The van der Waals surface area contributed by atoms with Crippen molar-refractivity contribution in [3.05, 3.63) is 0 Å². The smallest absolute Gasteiger partial charge is 0.0378 e. The lowest BCUT2D eigenvalue weighted by Gasteiger charge is -2.48. The molecule has 0 saturated carbocycles. The fraction of sp³-hybridized carbons (Fsp3) is 1.00. The maximum atomic E-state index is 6.23. The van der Waals surface area contributed by atoms with Gasteiger partial charge in [-0.05, 0) is 6.92 Å². The largest absolute Gasteiger partial charge is 0.323 e. The highest BCUT2D eigenvalue weighted by Crippen LogP contribution is 2.28. The molecular formula is C13H29N5. The summed E-state index contributed by atoms with van der Waals surface area (Å²) in [4.78, 5) is 2.52. The van der Waals surface area contributed by atoms with Gasteiger partial charge in [0.25, 0.3) is 0 Å². The quantitative estimate of drug-likeness (QED) is 0.438. The van der Waals surface area contributed by atoms with E-state index in [1.165, 1.54) is 13.1 Å². The van der Waals surface area contributed by atoms with E-state index < -0.39 is 0 Å². The van der Waals surface area contributed by atoms with Crippen LogP contribution in [0.25, 0.3) is 0 Å². The van der Waals surface area contributed by atoms with Crippen molar-refractivity contribution in [2.24, 2.45) is 11.1 Å². The molecule has 0 aromatic heterocycles. The van der Waals surface area contributed by atoms with Gasteiger partial charge in [0.15, 0.2) is 0 Å². The zero-order valence-corrected chi connectivity index (χ0v) is 11.9. The number of nitrogens with two attached hydrogens (primary N) is 1. The van der Waals surface area contributed by atoms with Crippen LogP contribution in [-0.4, -0.2) is 69.3 Å². The molecule has 3 aliphatic rings. The highest BCUT2D eigenvalue weighted by Gasteiger charge is 2.37. The number of fused-ring (bicyclic) bond motifs is 10. The minimum Gasteiger partial charge on any atom is -0.323 e. The van der Waals surface area contributed by atoms with Crippen LogP contribution in [0.2, 0.25) is 0 Å². The molecule has 0 spiro atoms. The van der Waals surface area contributed by atoms with Gasteiger partial charge in [-0.3, -0.25) is 0 Å². The highest BCUT2D eigenvalue weighted by atomic mass is 15.2. The lowest BCUT2D eigenvalue weighted by atomic mass is 9.82. The van der Waals surface area contributed by atoms with Crippen LogP contribution in [0.4, 0.5) is 0 Å². The van der Waals surface area contributed by atoms with E-state index in [2.05, 4.69) is 34.7 Å². The van der Waals surface area contributed by atoms with Crippen LogP contribution >= 0.6 is 0 Å². The number of nitrogens with zero attached hydrogens (tertiary/aromatic N) is 1. The van der Waals surface area contributed by atoms with Gasteiger partial charge in [-0.15, -0.1) is 0 Å². The van der Waals surface area contributed by atoms with E-state index in [1.54, 1.807) is 0 Å². The molecule has 3 aliphatic heterocycles. The maximum Gasteiger partial charge on any atom is 0.0378 e. The predicted octanol–water partition coefficient (Wildman–Crippen LogP) is -1.19. The third kappa shape index (κ3) is 4.17. The normalized spacial score (nSPS) is 43.8. The Morgan fingerprint density at radius 2 is 1.44 bits per heavy atom. The highest BCUT2D eigenvalue weighted by molar-refractivity contribution is 4.93. The summed E-state index contributed by atoms with van der Waals surface area (Å²) < 4.78 is 0. The van der Waals surface area contributed by atoms with Crippen LogP contribution in [0, 0.1) is 5.41 Å². The summed E-state index contributed by atoms with van der Waals surface area (Å²) in [5, 5.41) is 10.5. The van der Waals surface area contributed by atoms with E-state index >= 15 is 0 Å². The van der Waals surface area contributed by atoms with Gasteiger partial charge >= 0.3 is 0 Å². The van der Waals surface area contributed by atoms with Crippen LogP contribution in [0.1, 0.15) is 13.8 Å². The van der Waals surface area contributed by atoms with Gasteiger partial charge in [0, 0.05) is 69.9 Å². The third-order valence-electron chi connectivity index (χ3n) is 3.90. The second kappa shape index (κ2) is 5.84. The first-order chi connectivity index (χ1) is 8.49. The zero-order valence-electron chi connectivity index (χ0n) is 11.9. The first kappa shape index (κ1) is 14.2. The predicted molar refractivity (Wildman–Crippen MR) is 75.7 cm³/mol. The van der Waals surface area contributed by atoms with Gasteiger partial charge in [0.05, 0.1) is 0 Å². The van der Waals surface area contributed by atoms with E-state index in [4.69, 9.17) is 5.73 Å². The topological polar surface area (TPSA) is 65.3 Å². The first-order valence-electron chi connectivity index (χ1n) is 7.13. The van der Waals surface area contributed by atoms with Gasteiger partial charge < -0.3 is 26.6 Å². The molecule has 3 saturated heterocycles. The average Bonchev–Trinajstić information content (AvgIpc) is 2.26. The number of hydrogen-bond donors (Lipinski definition) is 4. The fourth-order valence-corrected chi connectivity index (χ4v) is 2.92. The van der Waals surface area contributed by atoms with Crippen LogP contribution in [-0.2, 0) is 0 Å². The summed E-state index contributed by atoms with van der Waals surface area (Å²) in [6.07, 6.45) is 0. The van der Waals surface area contributed by atoms with Crippen molar-refractivity contribution in [2.45, 2.75) is 19.4 Å². The lowest BCUT2D eigenvalue weighted by Crippen LogP contribution is -2.61. The summed E-state index contributed by atoms with van der Waals surface area (Å²) in [5.74, 6) is 0. The SMILES string of the molecule is CC1(N)CNCCNCC2(C)CN(CCNC1)C2. The summed E-state index contributed by atoms with van der Waals surface area (Å²) in [6.45, 7) is 14.0. The van der Waals surface area contributed by atoms with E-state index in [9.17, 15) is 0 Å². The Morgan fingerprint density at radius 3 is 2.11 bits per heavy atom. The van der Waals surface area contributed by atoms with Crippen molar-refractivity contribution in [3.8, 4) is 0 Å². The van der Waals surface area contributed by atoms with Crippen molar-refractivity contribution in [3.63, 3.8) is 0 Å². The standard InChI is InChI=1S/C13H29N5/c1-12-7-15-3-4-16-8-13(2,14)9-17-5-6-18(10-12)11-12/h15-17H,3-11,14H2,1-2H3. The number of rotatable bonds is 0. The molecule has 3 rings (SSSR count). The molecule has 5 N–H and O–H groups in total. The second-order valence-electron chi connectivity index (χ2n) is 6.71. The summed E-state index contributed by atoms with van der Waals surface area (Å²) >= 11 is 0. The van der Waals surface area contributed by atoms with E-state index in [0.717, 1.165) is 45.8 Å². The summed E-state index contributed by atoms with van der Waals surface area (Å²) in [6, 6.07) is 0. The van der Waals surface area contributed by atoms with Crippen LogP contribution < -0.4 is 21.7 Å². The molecule has 5 heteroatoms. The van der Waals surface area contributed by atoms with Crippen LogP contribution in [0.5, 0.6) is 0 Å². The number of nitrogens with one attached hydrogen (secondary N) is 3. The molecule has 0 amide bonds. The molecule has 106 valence electrons. The second-order valence-corrected chi connectivity index (χ2v) is 6.71. The Bertz CT molecular complexity index is 251. The minimum absolute atomic E-state index is 0.159. The Kier molecular flexibility index (Phi) is 4.61. The molecule has 0 aromatic carbocycles. The minimum atomic E-state index is -0.159. The molecule has 2 bridgehead atoms. The average molecular weight is 255 g/mol. The Labute approximate surface area is 111 Å². The van der Waals surface area contributed by atoms with E-state index in [0.29, 0.717) is 5.41 Å². The lowest BCUT2D eigenvalue weighted by molar-refractivity contribution is 0.0173. The number of hydrogen-bond acceptors (Lipinski definition) is 5. The van der Waals surface area contributed by atoms with Crippen LogP contribution in [0.3, 0.4) is 0 Å². The van der Waals surface area contributed by atoms with E-state index in [-0.39, 0.29) is 5.54 Å². The van der Waals surface area contributed by atoms with E-state index in [1.807, 2.05) is 0 Å². The molecule has 3 fully saturated rings.